The predicted octanol–water partition coefficient (Wildman–Crippen LogP) is -2.65. The lowest BCUT2D eigenvalue weighted by Crippen LogP contribution is -2.36. The highest BCUT2D eigenvalue weighted by Crippen LogP contribution is 1.73. The average molecular weight is 105 g/mol. The molecule has 32 valence electrons. The van der Waals surface area contributed by atoms with Crippen LogP contribution in [0.1, 0.15) is 6.92 Å². The lowest BCUT2D eigenvalue weighted by Gasteiger charge is -2.06. The van der Waals surface area contributed by atoms with E-state index in [1.165, 1.54) is 0 Å². The Bertz CT molecular complexity index is 23.1. The monoisotopic (exact) mass is 105 g/mol. The second-order valence-corrected chi connectivity index (χ2v) is 9.52. The standard InChI is InChI=1S/C2H11NSi2/c1-2(3,4)5/h3H2,1,4-5H3. The van der Waals surface area contributed by atoms with Gasteiger partial charge in [0.25, 0.3) is 0 Å². The van der Waals surface area contributed by atoms with Crippen LogP contribution >= 0.6 is 0 Å². The highest BCUT2D eigenvalue weighted by Gasteiger charge is 1.95. The Kier molecular flexibility index (Phi) is 1.34. The van der Waals surface area contributed by atoms with E-state index in [2.05, 4.69) is 6.92 Å². The van der Waals surface area contributed by atoms with Gasteiger partial charge in [0, 0.05) is 20.5 Å². The van der Waals surface area contributed by atoms with Gasteiger partial charge in [0.05, 0.1) is 0 Å². The van der Waals surface area contributed by atoms with Gasteiger partial charge in [-0.25, -0.2) is 0 Å². The zero-order chi connectivity index (χ0) is 4.50. The Morgan fingerprint density at radius 2 is 1.60 bits per heavy atom. The van der Waals surface area contributed by atoms with Crippen LogP contribution in [-0.2, 0) is 0 Å². The molecule has 0 aliphatic heterocycles. The van der Waals surface area contributed by atoms with E-state index in [1.54, 1.807) is 0 Å². The largest absolute Gasteiger partial charge is 0.332 e. The molecule has 0 aromatic heterocycles. The molecule has 0 aromatic carbocycles. The summed E-state index contributed by atoms with van der Waals surface area (Å²) in [6, 6.07) is 0. The molecule has 0 bridgehead atoms. The van der Waals surface area contributed by atoms with Crippen molar-refractivity contribution in [2.75, 3.05) is 0 Å². The van der Waals surface area contributed by atoms with Crippen LogP contribution in [0.3, 0.4) is 0 Å². The van der Waals surface area contributed by atoms with Crippen LogP contribution in [0, 0.1) is 0 Å². The van der Waals surface area contributed by atoms with Gasteiger partial charge in [-0.2, -0.15) is 0 Å². The van der Waals surface area contributed by atoms with E-state index in [0.717, 1.165) is 20.5 Å². The highest BCUT2D eigenvalue weighted by atomic mass is 28.2. The number of nitrogens with two attached hydrogens (primary N) is 1. The first-order valence-corrected chi connectivity index (χ1v) is 3.79. The molecule has 0 amide bonds. The summed E-state index contributed by atoms with van der Waals surface area (Å²) in [4.78, 5) is 0.278. The molecule has 0 saturated heterocycles. The van der Waals surface area contributed by atoms with E-state index in [0.29, 0.717) is 0 Å². The minimum atomic E-state index is 0.278. The van der Waals surface area contributed by atoms with Crippen molar-refractivity contribution in [2.45, 2.75) is 11.7 Å². The lowest BCUT2D eigenvalue weighted by molar-refractivity contribution is 0.931. The molecule has 3 heteroatoms. The van der Waals surface area contributed by atoms with Gasteiger partial charge in [-0.3, -0.25) is 0 Å². The molecular weight excluding hydrogens is 94.2 g/mol. The van der Waals surface area contributed by atoms with E-state index in [1.807, 2.05) is 0 Å². The van der Waals surface area contributed by atoms with Gasteiger partial charge in [0.2, 0.25) is 0 Å². The Labute approximate surface area is 38.8 Å². The van der Waals surface area contributed by atoms with E-state index < -0.39 is 0 Å². The van der Waals surface area contributed by atoms with E-state index >= 15 is 0 Å². The summed E-state index contributed by atoms with van der Waals surface area (Å²) >= 11 is 0. The Hall–Kier alpha value is 0.394. The molecule has 0 aliphatic carbocycles. The fourth-order valence-corrected chi connectivity index (χ4v) is 0. The van der Waals surface area contributed by atoms with E-state index in [4.69, 9.17) is 5.73 Å². The molecule has 0 atom stereocenters. The first-order chi connectivity index (χ1) is 2.00. The van der Waals surface area contributed by atoms with Crippen molar-refractivity contribution in [1.82, 2.24) is 0 Å². The summed E-state index contributed by atoms with van der Waals surface area (Å²) < 4.78 is 0. The van der Waals surface area contributed by atoms with Crippen LogP contribution in [0.5, 0.6) is 0 Å². The van der Waals surface area contributed by atoms with Crippen molar-refractivity contribution in [3.63, 3.8) is 0 Å². The van der Waals surface area contributed by atoms with Crippen molar-refractivity contribution in [1.29, 1.82) is 0 Å². The van der Waals surface area contributed by atoms with Crippen LogP contribution in [0.4, 0.5) is 0 Å². The fourth-order valence-electron chi connectivity index (χ4n) is 0. The third kappa shape index (κ3) is 162. The van der Waals surface area contributed by atoms with Crippen molar-refractivity contribution in [3.8, 4) is 0 Å². The predicted molar refractivity (Wildman–Crippen MR) is 32.5 cm³/mol. The maximum Gasteiger partial charge on any atom is 0.0224 e. The topological polar surface area (TPSA) is 26.0 Å². The molecule has 0 unspecified atom stereocenters. The molecular formula is C2H11NSi2. The minimum Gasteiger partial charge on any atom is -0.332 e. The zero-order valence-electron chi connectivity index (χ0n) is 4.08. The summed E-state index contributed by atoms with van der Waals surface area (Å²) in [6.45, 7) is 2.09. The van der Waals surface area contributed by atoms with Gasteiger partial charge < -0.3 is 5.73 Å². The summed E-state index contributed by atoms with van der Waals surface area (Å²) in [7, 11) is 2.29. The van der Waals surface area contributed by atoms with Gasteiger partial charge in [-0.1, -0.05) is 6.92 Å². The van der Waals surface area contributed by atoms with Crippen LogP contribution in [0.15, 0.2) is 0 Å². The van der Waals surface area contributed by atoms with Gasteiger partial charge in [0.15, 0.2) is 0 Å². The van der Waals surface area contributed by atoms with Crippen molar-refractivity contribution < 1.29 is 0 Å². The van der Waals surface area contributed by atoms with Gasteiger partial charge in [-0.15, -0.1) is 0 Å². The van der Waals surface area contributed by atoms with E-state index in [9.17, 15) is 0 Å². The summed E-state index contributed by atoms with van der Waals surface area (Å²) in [5, 5.41) is 0. The second-order valence-electron chi connectivity index (χ2n) is 2.37. The fraction of sp³-hybridized carbons (Fsp3) is 1.00. The third-order valence-electron chi connectivity index (χ3n) is 0. The number of rotatable bonds is 0. The quantitative estimate of drug-likeness (QED) is 0.335. The first-order valence-electron chi connectivity index (χ1n) is 1.79. The minimum absolute atomic E-state index is 0.278. The lowest BCUT2D eigenvalue weighted by atomic mass is 10.8. The number of hydrogen-bond donors (Lipinski definition) is 1. The van der Waals surface area contributed by atoms with Crippen LogP contribution < -0.4 is 5.73 Å². The van der Waals surface area contributed by atoms with Gasteiger partial charge in [0.1, 0.15) is 0 Å². The normalized spacial score (nSPS) is 22.8. The summed E-state index contributed by atoms with van der Waals surface area (Å²) in [5.41, 5.74) is 5.48. The molecule has 0 spiro atoms. The molecule has 0 rings (SSSR count). The molecule has 1 nitrogen and oxygen atoms in total. The van der Waals surface area contributed by atoms with Crippen molar-refractivity contribution in [3.05, 3.63) is 0 Å². The molecule has 5 heavy (non-hydrogen) atoms. The Morgan fingerprint density at radius 3 is 1.60 bits per heavy atom. The SMILES string of the molecule is CC(N)([SiH3])[SiH3]. The average Bonchev–Trinajstić information content (AvgIpc) is 0.722. The zero-order valence-corrected chi connectivity index (χ0v) is 8.08. The molecule has 0 saturated carbocycles. The van der Waals surface area contributed by atoms with Crippen LogP contribution in [0.25, 0.3) is 0 Å². The molecule has 0 aromatic rings. The van der Waals surface area contributed by atoms with Gasteiger partial charge in [-0.05, 0) is 4.79 Å². The maximum atomic E-state index is 5.48. The first kappa shape index (κ1) is 5.39. The molecule has 2 N–H and O–H groups in total. The third-order valence-corrected chi connectivity index (χ3v) is 0. The van der Waals surface area contributed by atoms with Gasteiger partial charge >= 0.3 is 0 Å². The highest BCUT2D eigenvalue weighted by molar-refractivity contribution is 6.39. The van der Waals surface area contributed by atoms with Crippen molar-refractivity contribution in [2.24, 2.45) is 5.73 Å². The smallest absolute Gasteiger partial charge is 0.0224 e. The maximum absolute atomic E-state index is 5.48. The summed E-state index contributed by atoms with van der Waals surface area (Å²) in [6.07, 6.45) is 0. The van der Waals surface area contributed by atoms with E-state index in [-0.39, 0.29) is 4.79 Å². The molecule has 0 aliphatic rings. The second kappa shape index (κ2) is 1.24. The molecule has 0 radical (unpaired) electrons. The van der Waals surface area contributed by atoms with Crippen LogP contribution in [0.2, 0.25) is 0 Å². The molecule has 0 heterocycles. The Morgan fingerprint density at radius 1 is 1.60 bits per heavy atom. The summed E-state index contributed by atoms with van der Waals surface area (Å²) in [5.74, 6) is 0. The van der Waals surface area contributed by atoms with Crippen LogP contribution in [-0.4, -0.2) is 25.3 Å². The van der Waals surface area contributed by atoms with Crippen molar-refractivity contribution >= 4 is 20.5 Å². The number of hydrogen-bond acceptors (Lipinski definition) is 1. The Balaban J connectivity index is 3.02. The molecule has 0 fully saturated rings.